The molecule has 0 spiro atoms. The SMILES string of the molecule is CCn1c(Cc2ccccc2)nnc1SCc1nnc(-c2ccc(Cl)cc2Cl)o1. The van der Waals surface area contributed by atoms with Crippen LogP contribution >= 0.6 is 35.0 Å². The Morgan fingerprint density at radius 3 is 2.59 bits per heavy atom. The van der Waals surface area contributed by atoms with E-state index >= 15 is 0 Å². The van der Waals surface area contributed by atoms with Gasteiger partial charge >= 0.3 is 0 Å². The van der Waals surface area contributed by atoms with Gasteiger partial charge in [-0.15, -0.1) is 20.4 Å². The molecule has 9 heteroatoms. The molecule has 0 amide bonds. The Bertz CT molecular complexity index is 1110. The molecule has 0 N–H and O–H groups in total. The van der Waals surface area contributed by atoms with Gasteiger partial charge in [-0.25, -0.2) is 0 Å². The monoisotopic (exact) mass is 445 g/mol. The summed E-state index contributed by atoms with van der Waals surface area (Å²) in [6, 6.07) is 15.4. The largest absolute Gasteiger partial charge is 0.420 e. The van der Waals surface area contributed by atoms with Crippen molar-refractivity contribution in [3.8, 4) is 11.5 Å². The average Bonchev–Trinajstić information content (AvgIpc) is 3.34. The van der Waals surface area contributed by atoms with E-state index in [2.05, 4.69) is 44.0 Å². The van der Waals surface area contributed by atoms with E-state index in [0.29, 0.717) is 33.1 Å². The van der Waals surface area contributed by atoms with Crippen LogP contribution in [0.5, 0.6) is 0 Å². The predicted molar refractivity (Wildman–Crippen MR) is 114 cm³/mol. The number of hydrogen-bond acceptors (Lipinski definition) is 6. The average molecular weight is 446 g/mol. The molecule has 0 radical (unpaired) electrons. The van der Waals surface area contributed by atoms with Crippen molar-refractivity contribution in [1.82, 2.24) is 25.0 Å². The first kappa shape index (κ1) is 19.9. The lowest BCUT2D eigenvalue weighted by atomic mass is 10.1. The summed E-state index contributed by atoms with van der Waals surface area (Å²) in [6.45, 7) is 2.86. The first-order chi connectivity index (χ1) is 14.1. The van der Waals surface area contributed by atoms with Gasteiger partial charge in [0.05, 0.1) is 16.3 Å². The van der Waals surface area contributed by atoms with Gasteiger partial charge in [-0.05, 0) is 30.7 Å². The van der Waals surface area contributed by atoms with Crippen molar-refractivity contribution in [3.05, 3.63) is 75.9 Å². The number of halogens is 2. The molecule has 0 saturated heterocycles. The van der Waals surface area contributed by atoms with Crippen LogP contribution in [0.2, 0.25) is 10.0 Å². The maximum Gasteiger partial charge on any atom is 0.249 e. The minimum Gasteiger partial charge on any atom is -0.420 e. The summed E-state index contributed by atoms with van der Waals surface area (Å²) in [5, 5.41) is 18.8. The molecule has 0 bridgehead atoms. The Labute approximate surface area is 182 Å². The van der Waals surface area contributed by atoms with Crippen molar-refractivity contribution in [2.24, 2.45) is 0 Å². The summed E-state index contributed by atoms with van der Waals surface area (Å²) >= 11 is 13.7. The second-order valence-electron chi connectivity index (χ2n) is 6.22. The van der Waals surface area contributed by atoms with Crippen LogP contribution in [0.15, 0.2) is 58.1 Å². The molecular weight excluding hydrogens is 429 g/mol. The van der Waals surface area contributed by atoms with Gasteiger partial charge in [0, 0.05) is 18.0 Å². The fourth-order valence-corrected chi connectivity index (χ4v) is 4.21. The Hall–Kier alpha value is -2.35. The van der Waals surface area contributed by atoms with E-state index in [1.165, 1.54) is 17.3 Å². The molecule has 148 valence electrons. The van der Waals surface area contributed by atoms with Gasteiger partial charge < -0.3 is 8.98 Å². The molecule has 0 saturated carbocycles. The van der Waals surface area contributed by atoms with Crippen molar-refractivity contribution in [2.45, 2.75) is 30.8 Å². The fraction of sp³-hybridized carbons (Fsp3) is 0.200. The van der Waals surface area contributed by atoms with E-state index in [9.17, 15) is 0 Å². The maximum absolute atomic E-state index is 6.22. The van der Waals surface area contributed by atoms with E-state index < -0.39 is 0 Å². The highest BCUT2D eigenvalue weighted by Gasteiger charge is 2.16. The van der Waals surface area contributed by atoms with Crippen molar-refractivity contribution in [3.63, 3.8) is 0 Å². The van der Waals surface area contributed by atoms with Crippen LogP contribution in [0.25, 0.3) is 11.5 Å². The van der Waals surface area contributed by atoms with Crippen LogP contribution in [0.1, 0.15) is 24.2 Å². The Kier molecular flexibility index (Phi) is 6.18. The van der Waals surface area contributed by atoms with Crippen LogP contribution < -0.4 is 0 Å². The molecule has 0 aliphatic rings. The van der Waals surface area contributed by atoms with E-state index in [1.807, 2.05) is 18.2 Å². The summed E-state index contributed by atoms with van der Waals surface area (Å²) in [7, 11) is 0. The number of hydrogen-bond donors (Lipinski definition) is 0. The van der Waals surface area contributed by atoms with Crippen molar-refractivity contribution < 1.29 is 4.42 Å². The van der Waals surface area contributed by atoms with Gasteiger partial charge in [0.15, 0.2) is 5.16 Å². The molecular formula is C20H17Cl2N5OS. The van der Waals surface area contributed by atoms with Crippen LogP contribution in [0.3, 0.4) is 0 Å². The van der Waals surface area contributed by atoms with Gasteiger partial charge in [-0.2, -0.15) is 0 Å². The van der Waals surface area contributed by atoms with Crippen LogP contribution in [0.4, 0.5) is 0 Å². The highest BCUT2D eigenvalue weighted by Crippen LogP contribution is 2.30. The highest BCUT2D eigenvalue weighted by molar-refractivity contribution is 7.98. The first-order valence-electron chi connectivity index (χ1n) is 9.00. The predicted octanol–water partition coefficient (Wildman–Crippen LogP) is 5.54. The number of benzene rings is 2. The van der Waals surface area contributed by atoms with E-state index in [1.54, 1.807) is 18.2 Å². The quantitative estimate of drug-likeness (QED) is 0.347. The standard InChI is InChI=1S/C20H17Cl2N5OS/c1-2-27-17(10-13-6-4-3-5-7-13)23-26-20(27)29-12-18-24-25-19(28-18)15-9-8-14(21)11-16(15)22/h3-9,11H,2,10,12H2,1H3. The Balaban J connectivity index is 1.46. The third-order valence-corrected chi connectivity index (χ3v) is 5.77. The zero-order valence-corrected chi connectivity index (χ0v) is 17.9. The first-order valence-corrected chi connectivity index (χ1v) is 10.7. The third-order valence-electron chi connectivity index (χ3n) is 4.27. The molecule has 4 aromatic rings. The highest BCUT2D eigenvalue weighted by atomic mass is 35.5. The van der Waals surface area contributed by atoms with E-state index in [4.69, 9.17) is 27.6 Å². The third kappa shape index (κ3) is 4.63. The number of nitrogens with zero attached hydrogens (tertiary/aromatic N) is 5. The lowest BCUT2D eigenvalue weighted by Gasteiger charge is -2.06. The van der Waals surface area contributed by atoms with Gasteiger partial charge in [-0.1, -0.05) is 65.3 Å². The second-order valence-corrected chi connectivity index (χ2v) is 8.01. The lowest BCUT2D eigenvalue weighted by Crippen LogP contribution is -2.04. The summed E-state index contributed by atoms with van der Waals surface area (Å²) in [5.74, 6) is 2.28. The smallest absolute Gasteiger partial charge is 0.249 e. The van der Waals surface area contributed by atoms with Gasteiger partial charge in [0.25, 0.3) is 0 Å². The minimum absolute atomic E-state index is 0.365. The van der Waals surface area contributed by atoms with Crippen molar-refractivity contribution >= 4 is 35.0 Å². The van der Waals surface area contributed by atoms with Crippen molar-refractivity contribution in [1.29, 1.82) is 0 Å². The van der Waals surface area contributed by atoms with Crippen molar-refractivity contribution in [2.75, 3.05) is 0 Å². The number of aromatic nitrogens is 5. The normalized spacial score (nSPS) is 11.1. The topological polar surface area (TPSA) is 69.6 Å². The van der Waals surface area contributed by atoms with E-state index in [0.717, 1.165) is 23.9 Å². The van der Waals surface area contributed by atoms with Gasteiger partial charge in [0.1, 0.15) is 5.82 Å². The zero-order valence-electron chi connectivity index (χ0n) is 15.5. The number of rotatable bonds is 7. The molecule has 2 aromatic heterocycles. The molecule has 0 atom stereocenters. The van der Waals surface area contributed by atoms with Crippen LogP contribution in [0, 0.1) is 0 Å². The summed E-state index contributed by atoms with van der Waals surface area (Å²) < 4.78 is 7.86. The van der Waals surface area contributed by atoms with Gasteiger partial charge in [0.2, 0.25) is 11.8 Å². The maximum atomic E-state index is 6.22. The van der Waals surface area contributed by atoms with E-state index in [-0.39, 0.29) is 0 Å². The molecule has 29 heavy (non-hydrogen) atoms. The fourth-order valence-electron chi connectivity index (χ4n) is 2.86. The summed E-state index contributed by atoms with van der Waals surface area (Å²) in [5.41, 5.74) is 1.86. The molecule has 0 unspecified atom stereocenters. The molecule has 2 aromatic carbocycles. The molecule has 6 nitrogen and oxygen atoms in total. The number of thioether (sulfide) groups is 1. The zero-order chi connectivity index (χ0) is 20.2. The molecule has 0 fully saturated rings. The second kappa shape index (κ2) is 8.98. The van der Waals surface area contributed by atoms with Crippen LogP contribution in [-0.2, 0) is 18.7 Å². The Morgan fingerprint density at radius 2 is 1.83 bits per heavy atom. The minimum atomic E-state index is 0.365. The lowest BCUT2D eigenvalue weighted by molar-refractivity contribution is 0.528. The molecule has 0 aliphatic heterocycles. The summed E-state index contributed by atoms with van der Waals surface area (Å²) in [6.07, 6.45) is 0.738. The van der Waals surface area contributed by atoms with Gasteiger partial charge in [-0.3, -0.25) is 0 Å². The molecule has 2 heterocycles. The summed E-state index contributed by atoms with van der Waals surface area (Å²) in [4.78, 5) is 0. The van der Waals surface area contributed by atoms with Crippen LogP contribution in [-0.4, -0.2) is 25.0 Å². The Morgan fingerprint density at radius 1 is 1.00 bits per heavy atom. The molecule has 4 rings (SSSR count). The molecule has 0 aliphatic carbocycles.